The lowest BCUT2D eigenvalue weighted by atomic mass is 9.90. The van der Waals surface area contributed by atoms with Gasteiger partial charge in [0.25, 0.3) is 0 Å². The number of hydrogen-bond acceptors (Lipinski definition) is 5. The highest BCUT2D eigenvalue weighted by Crippen LogP contribution is 2.41. The molecule has 0 radical (unpaired) electrons. The van der Waals surface area contributed by atoms with Crippen molar-refractivity contribution in [1.29, 1.82) is 0 Å². The summed E-state index contributed by atoms with van der Waals surface area (Å²) in [5.74, 6) is -7.22. The molecule has 0 aliphatic carbocycles. The summed E-state index contributed by atoms with van der Waals surface area (Å²) in [5.41, 5.74) is -0.338. The number of carboxylic acid groups (broad SMARTS) is 1. The average molecular weight is 399 g/mol. The molecule has 1 aromatic heterocycles. The maximum absolute atomic E-state index is 14.8. The number of fused-ring (bicyclic) bond motifs is 1. The van der Waals surface area contributed by atoms with Gasteiger partial charge in [-0.3, -0.25) is 9.59 Å². The Balaban J connectivity index is 2.23. The number of carbonyl (C=O) groups excluding carboxylic acids is 1. The number of carbonyl (C=O) groups is 2. The summed E-state index contributed by atoms with van der Waals surface area (Å²) in [6.45, 7) is -0.299. The van der Waals surface area contributed by atoms with Crippen molar-refractivity contribution < 1.29 is 33.0 Å². The van der Waals surface area contributed by atoms with Gasteiger partial charge < -0.3 is 19.5 Å². The van der Waals surface area contributed by atoms with Gasteiger partial charge in [-0.05, 0) is 17.2 Å². The fourth-order valence-electron chi connectivity index (χ4n) is 2.95. The van der Waals surface area contributed by atoms with Crippen LogP contribution in [0.1, 0.15) is 17.0 Å². The number of carboxylic acids is 1. The van der Waals surface area contributed by atoms with Crippen molar-refractivity contribution in [1.82, 2.24) is 4.98 Å². The Kier molecular flexibility index (Phi) is 4.88. The molecule has 1 aliphatic rings. The van der Waals surface area contributed by atoms with Crippen LogP contribution < -0.4 is 14.4 Å². The second kappa shape index (κ2) is 6.99. The van der Waals surface area contributed by atoms with Crippen LogP contribution in [-0.2, 0) is 16.1 Å². The number of nitrogens with zero attached hydrogens (tertiary/aromatic N) is 2. The Morgan fingerprint density at radius 1 is 1.26 bits per heavy atom. The molecule has 0 saturated carbocycles. The highest BCUT2D eigenvalue weighted by Gasteiger charge is 2.42. The molecule has 2 heterocycles. The molecular weight excluding hydrogens is 386 g/mol. The van der Waals surface area contributed by atoms with Crippen molar-refractivity contribution >= 4 is 29.2 Å². The number of hydrogen-bond donors (Lipinski definition) is 1. The van der Waals surface area contributed by atoms with Gasteiger partial charge >= 0.3 is 5.97 Å². The van der Waals surface area contributed by atoms with Crippen molar-refractivity contribution in [3.63, 3.8) is 0 Å². The van der Waals surface area contributed by atoms with E-state index in [9.17, 15) is 23.5 Å². The zero-order valence-electron chi connectivity index (χ0n) is 14.1. The molecule has 3 rings (SSSR count). The number of rotatable bonds is 4. The van der Waals surface area contributed by atoms with E-state index in [2.05, 4.69) is 4.98 Å². The van der Waals surface area contributed by atoms with Gasteiger partial charge in [-0.1, -0.05) is 11.6 Å². The van der Waals surface area contributed by atoms with E-state index in [1.54, 1.807) is 0 Å². The van der Waals surface area contributed by atoms with Gasteiger partial charge in [-0.2, -0.15) is 0 Å². The van der Waals surface area contributed by atoms with Crippen LogP contribution in [0.4, 0.5) is 14.5 Å². The molecule has 0 bridgehead atoms. The number of anilines is 1. The Hall–Kier alpha value is -2.94. The number of pyridine rings is 1. The van der Waals surface area contributed by atoms with Crippen LogP contribution in [0.3, 0.4) is 0 Å². The second-order valence-corrected chi connectivity index (χ2v) is 6.05. The Morgan fingerprint density at radius 2 is 1.85 bits per heavy atom. The van der Waals surface area contributed by atoms with Crippen molar-refractivity contribution in [3.8, 4) is 11.5 Å². The van der Waals surface area contributed by atoms with Gasteiger partial charge in [0, 0.05) is 12.3 Å². The second-order valence-electron chi connectivity index (χ2n) is 5.66. The quantitative estimate of drug-likeness (QED) is 0.629. The zero-order valence-corrected chi connectivity index (χ0v) is 14.9. The number of methoxy groups -OCH3 is 2. The Morgan fingerprint density at radius 3 is 2.37 bits per heavy atom. The van der Waals surface area contributed by atoms with Gasteiger partial charge in [0.15, 0.2) is 29.1 Å². The number of aliphatic carboxylic acids is 1. The van der Waals surface area contributed by atoms with Gasteiger partial charge in [0.05, 0.1) is 20.8 Å². The number of amides is 1. The molecule has 10 heteroatoms. The first kappa shape index (κ1) is 18.8. The van der Waals surface area contributed by atoms with Crippen LogP contribution in [-0.4, -0.2) is 36.2 Å². The summed E-state index contributed by atoms with van der Waals surface area (Å²) in [7, 11) is 2.33. The fraction of sp³-hybridized carbons (Fsp3) is 0.235. The van der Waals surface area contributed by atoms with E-state index < -0.39 is 35.1 Å². The molecule has 1 aliphatic heterocycles. The monoisotopic (exact) mass is 398 g/mol. The lowest BCUT2D eigenvalue weighted by molar-refractivity contribution is -0.142. The van der Waals surface area contributed by atoms with Crippen LogP contribution in [0.15, 0.2) is 18.3 Å². The van der Waals surface area contributed by atoms with Gasteiger partial charge in [-0.25, -0.2) is 13.8 Å². The van der Waals surface area contributed by atoms with Crippen LogP contribution in [0.5, 0.6) is 11.5 Å². The maximum Gasteiger partial charge on any atom is 0.320 e. The summed E-state index contributed by atoms with van der Waals surface area (Å²) in [6.07, 6.45) is 1.26. The highest BCUT2D eigenvalue weighted by molar-refractivity contribution is 6.29. The van der Waals surface area contributed by atoms with E-state index in [0.717, 1.165) is 6.07 Å². The SMILES string of the molecule is COc1cc(OC)c(F)c(N2Cc3cnc(Cl)cc3C(C(=O)O)C2=O)c1F. The molecule has 0 saturated heterocycles. The first-order valence-electron chi connectivity index (χ1n) is 7.58. The van der Waals surface area contributed by atoms with Crippen LogP contribution >= 0.6 is 11.6 Å². The molecule has 2 aromatic rings. The molecule has 142 valence electrons. The molecule has 0 spiro atoms. The molecular formula is C17H13ClF2N2O5. The van der Waals surface area contributed by atoms with E-state index in [1.165, 1.54) is 26.5 Å². The standard InChI is InChI=1S/C17H13ClF2N2O5/c1-26-9-4-10(27-2)14(20)15(13(9)19)22-6-7-5-21-11(18)3-8(7)12(16(22)23)17(24)25/h3-5,12H,6H2,1-2H3,(H,24,25). The van der Waals surface area contributed by atoms with Gasteiger partial charge in [0.1, 0.15) is 10.8 Å². The van der Waals surface area contributed by atoms with Crippen molar-refractivity contribution in [2.24, 2.45) is 0 Å². The van der Waals surface area contributed by atoms with Gasteiger partial charge in [0.2, 0.25) is 5.91 Å². The van der Waals surface area contributed by atoms with E-state index in [4.69, 9.17) is 21.1 Å². The maximum atomic E-state index is 14.8. The minimum absolute atomic E-state index is 0.00154. The van der Waals surface area contributed by atoms with E-state index >= 15 is 0 Å². The minimum atomic E-state index is -1.69. The van der Waals surface area contributed by atoms with Crippen LogP contribution in [0, 0.1) is 11.6 Å². The zero-order chi connectivity index (χ0) is 19.9. The lowest BCUT2D eigenvalue weighted by Crippen LogP contribution is -2.43. The number of halogens is 3. The molecule has 0 fully saturated rings. The predicted octanol–water partition coefficient (Wildman–Crippen LogP) is 2.75. The van der Waals surface area contributed by atoms with Crippen molar-refractivity contribution in [2.45, 2.75) is 12.5 Å². The summed E-state index contributed by atoms with van der Waals surface area (Å²) in [4.78, 5) is 29.0. The fourth-order valence-corrected chi connectivity index (χ4v) is 3.11. The summed E-state index contributed by atoms with van der Waals surface area (Å²) in [5, 5.41) is 9.50. The van der Waals surface area contributed by atoms with Crippen molar-refractivity contribution in [2.75, 3.05) is 19.1 Å². The Labute approximate surface area is 157 Å². The summed E-state index contributed by atoms with van der Waals surface area (Å²) < 4.78 is 39.3. The third kappa shape index (κ3) is 3.03. The van der Waals surface area contributed by atoms with E-state index in [1.807, 2.05) is 0 Å². The van der Waals surface area contributed by atoms with Crippen LogP contribution in [0.2, 0.25) is 5.15 Å². The summed E-state index contributed by atoms with van der Waals surface area (Å²) in [6, 6.07) is 2.25. The number of benzene rings is 1. The normalized spacial score (nSPS) is 16.1. The van der Waals surface area contributed by atoms with Crippen molar-refractivity contribution in [3.05, 3.63) is 46.2 Å². The predicted molar refractivity (Wildman–Crippen MR) is 90.3 cm³/mol. The first-order chi connectivity index (χ1) is 12.8. The lowest BCUT2D eigenvalue weighted by Gasteiger charge is -2.33. The molecule has 1 atom stereocenters. The average Bonchev–Trinajstić information content (AvgIpc) is 2.62. The summed E-state index contributed by atoms with van der Waals surface area (Å²) >= 11 is 5.80. The third-order valence-corrected chi connectivity index (χ3v) is 4.42. The largest absolute Gasteiger partial charge is 0.493 e. The molecule has 7 nitrogen and oxygen atoms in total. The first-order valence-corrected chi connectivity index (χ1v) is 7.96. The van der Waals surface area contributed by atoms with E-state index in [-0.39, 0.29) is 28.8 Å². The van der Waals surface area contributed by atoms with E-state index in [0.29, 0.717) is 10.5 Å². The molecule has 27 heavy (non-hydrogen) atoms. The highest BCUT2D eigenvalue weighted by atomic mass is 35.5. The molecule has 1 amide bonds. The molecule has 1 N–H and O–H groups in total. The molecule has 1 unspecified atom stereocenters. The third-order valence-electron chi connectivity index (χ3n) is 4.21. The topological polar surface area (TPSA) is 89.0 Å². The van der Waals surface area contributed by atoms with Gasteiger partial charge in [-0.15, -0.1) is 0 Å². The number of ether oxygens (including phenoxy) is 2. The molecule has 1 aromatic carbocycles. The van der Waals surface area contributed by atoms with Crippen LogP contribution in [0.25, 0.3) is 0 Å². The smallest absolute Gasteiger partial charge is 0.320 e. The minimum Gasteiger partial charge on any atom is -0.493 e. The number of aromatic nitrogens is 1. The Bertz CT molecular complexity index is 925.